The Kier molecular flexibility index (Phi) is 6.63. The summed E-state index contributed by atoms with van der Waals surface area (Å²) in [6.07, 6.45) is -3.73. The molecule has 2 heterocycles. The molecular formula is C30H28F3NO4. The Bertz CT molecular complexity index is 1370. The third kappa shape index (κ3) is 4.62. The van der Waals surface area contributed by atoms with E-state index in [1.165, 1.54) is 6.07 Å². The van der Waals surface area contributed by atoms with Gasteiger partial charge in [-0.2, -0.15) is 13.2 Å². The molecule has 0 spiro atoms. The number of ketones is 1. The molecule has 1 N–H and O–H groups in total. The summed E-state index contributed by atoms with van der Waals surface area (Å²) in [6, 6.07) is 17.8. The van der Waals surface area contributed by atoms with Crippen molar-refractivity contribution in [3.63, 3.8) is 0 Å². The highest BCUT2D eigenvalue weighted by Crippen LogP contribution is 2.55. The minimum absolute atomic E-state index is 0.00832. The summed E-state index contributed by atoms with van der Waals surface area (Å²) >= 11 is 0. The molecule has 0 amide bonds. The quantitative estimate of drug-likeness (QED) is 0.350. The number of aryl methyl sites for hydroxylation is 1. The minimum atomic E-state index is -4.80. The summed E-state index contributed by atoms with van der Waals surface area (Å²) in [4.78, 5) is 30.5. The number of alkyl halides is 3. The first-order valence-electron chi connectivity index (χ1n) is 12.6. The molecule has 8 heteroatoms. The number of ether oxygens (including phenoxy) is 1. The lowest BCUT2D eigenvalue weighted by Gasteiger charge is -2.49. The van der Waals surface area contributed by atoms with Crippen LogP contribution in [0, 0.1) is 12.8 Å². The van der Waals surface area contributed by atoms with Gasteiger partial charge in [-0.25, -0.2) is 4.79 Å². The zero-order valence-corrected chi connectivity index (χ0v) is 20.9. The third-order valence-corrected chi connectivity index (χ3v) is 8.22. The van der Waals surface area contributed by atoms with E-state index in [9.17, 15) is 27.9 Å². The van der Waals surface area contributed by atoms with Crippen LogP contribution < -0.4 is 0 Å². The molecule has 0 saturated heterocycles. The maximum absolute atomic E-state index is 13.9. The lowest BCUT2D eigenvalue weighted by molar-refractivity contribution is -0.280. The SMILES string of the molecule is Cc1ncccc1CC(=O)c1ccc2c(c1)C(=O)OC[C@@H]1C[C@@](O)(C(F)(F)F)CC[C@@]21Cc1ccccc1. The monoisotopic (exact) mass is 523 g/mol. The molecule has 5 rings (SSSR count). The van der Waals surface area contributed by atoms with Crippen LogP contribution in [0.3, 0.4) is 0 Å². The molecule has 198 valence electrons. The topological polar surface area (TPSA) is 76.5 Å². The number of fused-ring (bicyclic) bond motifs is 3. The average Bonchev–Trinajstić information content (AvgIpc) is 3.00. The van der Waals surface area contributed by atoms with E-state index in [2.05, 4.69) is 4.98 Å². The second-order valence-corrected chi connectivity index (χ2v) is 10.5. The largest absolute Gasteiger partial charge is 0.462 e. The number of cyclic esters (lactones) is 1. The van der Waals surface area contributed by atoms with Gasteiger partial charge in [0.2, 0.25) is 0 Å². The number of carbonyl (C=O) groups is 2. The van der Waals surface area contributed by atoms with E-state index in [-0.39, 0.29) is 30.8 Å². The number of esters is 1. The first-order chi connectivity index (χ1) is 18.0. The fourth-order valence-corrected chi connectivity index (χ4v) is 6.01. The summed E-state index contributed by atoms with van der Waals surface area (Å²) in [6.45, 7) is 1.56. The highest BCUT2D eigenvalue weighted by molar-refractivity contribution is 6.01. The van der Waals surface area contributed by atoms with Crippen LogP contribution in [0.2, 0.25) is 0 Å². The number of aliphatic hydroxyl groups is 1. The van der Waals surface area contributed by atoms with Crippen molar-refractivity contribution in [2.75, 3.05) is 6.61 Å². The molecule has 3 atom stereocenters. The van der Waals surface area contributed by atoms with Gasteiger partial charge in [-0.3, -0.25) is 9.78 Å². The zero-order chi connectivity index (χ0) is 27.1. The first-order valence-corrected chi connectivity index (χ1v) is 12.6. The van der Waals surface area contributed by atoms with Gasteiger partial charge in [0, 0.05) is 35.2 Å². The highest BCUT2D eigenvalue weighted by atomic mass is 19.4. The number of rotatable bonds is 5. The van der Waals surface area contributed by atoms with Crippen LogP contribution in [0.5, 0.6) is 0 Å². The number of nitrogens with zero attached hydrogens (tertiary/aromatic N) is 1. The number of hydrogen-bond acceptors (Lipinski definition) is 5. The Balaban J connectivity index is 1.58. The predicted octanol–water partition coefficient (Wildman–Crippen LogP) is 5.56. The van der Waals surface area contributed by atoms with Gasteiger partial charge < -0.3 is 9.84 Å². The fourth-order valence-electron chi connectivity index (χ4n) is 6.01. The van der Waals surface area contributed by atoms with Crippen molar-refractivity contribution in [3.05, 3.63) is 100 Å². The number of halogens is 3. The molecular weight excluding hydrogens is 495 g/mol. The lowest BCUT2D eigenvalue weighted by atomic mass is 9.56. The lowest BCUT2D eigenvalue weighted by Crippen LogP contribution is -2.56. The third-order valence-electron chi connectivity index (χ3n) is 8.22. The Hall–Kier alpha value is -3.52. The number of Topliss-reactive ketones (excluding diaryl/α,β-unsaturated/α-hetero) is 1. The van der Waals surface area contributed by atoms with Crippen molar-refractivity contribution in [1.82, 2.24) is 4.98 Å². The normalized spacial score (nSPS) is 25.1. The molecule has 1 aliphatic heterocycles. The molecule has 0 unspecified atom stereocenters. The van der Waals surface area contributed by atoms with Gasteiger partial charge in [-0.15, -0.1) is 0 Å². The minimum Gasteiger partial charge on any atom is -0.462 e. The Labute approximate surface area is 218 Å². The average molecular weight is 524 g/mol. The summed E-state index contributed by atoms with van der Waals surface area (Å²) in [7, 11) is 0. The van der Waals surface area contributed by atoms with E-state index >= 15 is 0 Å². The second-order valence-electron chi connectivity index (χ2n) is 10.5. The van der Waals surface area contributed by atoms with Crippen molar-refractivity contribution < 1.29 is 32.6 Å². The van der Waals surface area contributed by atoms with Gasteiger partial charge in [0.05, 0.1) is 12.2 Å². The summed E-state index contributed by atoms with van der Waals surface area (Å²) in [5, 5.41) is 10.6. The van der Waals surface area contributed by atoms with Crippen LogP contribution in [0.25, 0.3) is 0 Å². The van der Waals surface area contributed by atoms with Crippen molar-refractivity contribution in [3.8, 4) is 0 Å². The van der Waals surface area contributed by atoms with Crippen LogP contribution in [-0.2, 0) is 23.0 Å². The van der Waals surface area contributed by atoms with Crippen molar-refractivity contribution in [2.45, 2.75) is 56.2 Å². The summed E-state index contributed by atoms with van der Waals surface area (Å²) < 4.78 is 47.1. The smallest absolute Gasteiger partial charge is 0.417 e. The van der Waals surface area contributed by atoms with Crippen LogP contribution in [-0.4, -0.2) is 40.2 Å². The molecule has 1 fully saturated rings. The molecule has 5 nitrogen and oxygen atoms in total. The number of benzene rings is 2. The Morgan fingerprint density at radius 3 is 2.58 bits per heavy atom. The van der Waals surface area contributed by atoms with Gasteiger partial charge in [0.1, 0.15) is 0 Å². The van der Waals surface area contributed by atoms with E-state index in [1.807, 2.05) is 43.3 Å². The first kappa shape index (κ1) is 26.1. The molecule has 3 aromatic rings. The Morgan fingerprint density at radius 2 is 1.87 bits per heavy atom. The Morgan fingerprint density at radius 1 is 1.11 bits per heavy atom. The van der Waals surface area contributed by atoms with Crippen molar-refractivity contribution in [2.24, 2.45) is 5.92 Å². The van der Waals surface area contributed by atoms with Gasteiger partial charge in [0.15, 0.2) is 11.4 Å². The zero-order valence-electron chi connectivity index (χ0n) is 20.9. The molecule has 0 bridgehead atoms. The van der Waals surface area contributed by atoms with E-state index in [0.717, 1.165) is 16.8 Å². The van der Waals surface area contributed by atoms with E-state index in [0.29, 0.717) is 17.5 Å². The standard InChI is InChI=1S/C30H28F3NO4/c1-19-21(8-5-13-34-19)15-26(35)22-9-10-25-24(14-22)27(36)38-18-23-17-29(37,30(31,32)33)12-11-28(23,25)16-20-6-3-2-4-7-20/h2-10,13-14,23,37H,11-12,15-18H2,1H3/t23-,28-,29+/m0/s1. The van der Waals surface area contributed by atoms with E-state index in [1.54, 1.807) is 24.4 Å². The maximum Gasteiger partial charge on any atom is 0.417 e. The van der Waals surface area contributed by atoms with Crippen molar-refractivity contribution >= 4 is 11.8 Å². The number of pyridine rings is 1. The molecule has 1 aromatic heterocycles. The molecule has 2 aromatic carbocycles. The van der Waals surface area contributed by atoms with E-state index < -0.39 is 41.9 Å². The second kappa shape index (κ2) is 9.66. The van der Waals surface area contributed by atoms with Gasteiger partial charge in [-0.1, -0.05) is 48.5 Å². The van der Waals surface area contributed by atoms with Gasteiger partial charge in [-0.05, 0) is 61.4 Å². The number of aromatic nitrogens is 1. The van der Waals surface area contributed by atoms with Gasteiger partial charge >= 0.3 is 12.1 Å². The predicted molar refractivity (Wildman–Crippen MR) is 134 cm³/mol. The maximum atomic E-state index is 13.9. The number of carbonyl (C=O) groups excluding carboxylic acids is 2. The molecule has 0 radical (unpaired) electrons. The molecule has 1 saturated carbocycles. The summed E-state index contributed by atoms with van der Waals surface area (Å²) in [5.74, 6) is -1.65. The summed E-state index contributed by atoms with van der Waals surface area (Å²) in [5.41, 5.74) is -0.258. The number of hydrogen-bond donors (Lipinski definition) is 1. The van der Waals surface area contributed by atoms with Crippen LogP contribution in [0.15, 0.2) is 66.9 Å². The van der Waals surface area contributed by atoms with Crippen LogP contribution in [0.1, 0.15) is 62.4 Å². The van der Waals surface area contributed by atoms with Gasteiger partial charge in [0.25, 0.3) is 0 Å². The highest BCUT2D eigenvalue weighted by Gasteiger charge is 2.61. The molecule has 38 heavy (non-hydrogen) atoms. The molecule has 1 aliphatic carbocycles. The molecule has 2 aliphatic rings. The van der Waals surface area contributed by atoms with Crippen LogP contribution in [0.4, 0.5) is 13.2 Å². The fraction of sp³-hybridized carbons (Fsp3) is 0.367. The van der Waals surface area contributed by atoms with Crippen molar-refractivity contribution in [1.29, 1.82) is 0 Å². The van der Waals surface area contributed by atoms with Crippen LogP contribution >= 0.6 is 0 Å². The van der Waals surface area contributed by atoms with E-state index in [4.69, 9.17) is 4.74 Å².